The number of hydrogen-bond donors (Lipinski definition) is 2. The van der Waals surface area contributed by atoms with Gasteiger partial charge in [0.05, 0.1) is 12.3 Å². The lowest BCUT2D eigenvalue weighted by atomic mass is 9.81. The van der Waals surface area contributed by atoms with Gasteiger partial charge in [0.15, 0.2) is 0 Å². The maximum Gasteiger partial charge on any atom is 0.0829 e. The highest BCUT2D eigenvalue weighted by molar-refractivity contribution is 5.31. The van der Waals surface area contributed by atoms with Crippen molar-refractivity contribution in [2.75, 3.05) is 0 Å². The first-order valence-electron chi connectivity index (χ1n) is 6.01. The molecule has 0 radical (unpaired) electrons. The third-order valence-corrected chi connectivity index (χ3v) is 3.58. The van der Waals surface area contributed by atoms with E-state index in [4.69, 9.17) is 0 Å². The molecule has 2 N–H and O–H groups in total. The van der Waals surface area contributed by atoms with Crippen LogP contribution in [0, 0.1) is 6.92 Å². The Bertz CT molecular complexity index is 533. The lowest BCUT2D eigenvalue weighted by Crippen LogP contribution is -2.16. The first-order chi connectivity index (χ1) is 8.24. The van der Waals surface area contributed by atoms with E-state index in [1.807, 2.05) is 0 Å². The minimum atomic E-state index is -0.386. The largest absolute Gasteiger partial charge is 0.388 e. The fraction of sp³-hybridized carbons (Fsp3) is 0.357. The molecule has 17 heavy (non-hydrogen) atoms. The van der Waals surface area contributed by atoms with Gasteiger partial charge in [-0.05, 0) is 31.2 Å². The van der Waals surface area contributed by atoms with E-state index in [-0.39, 0.29) is 6.10 Å². The number of aliphatic hydroxyl groups is 1. The van der Waals surface area contributed by atoms with Crippen molar-refractivity contribution in [3.63, 3.8) is 0 Å². The van der Waals surface area contributed by atoms with Crippen LogP contribution in [-0.4, -0.2) is 15.3 Å². The molecule has 88 valence electrons. The van der Waals surface area contributed by atoms with E-state index in [1.165, 1.54) is 11.1 Å². The van der Waals surface area contributed by atoms with Crippen molar-refractivity contribution < 1.29 is 5.11 Å². The maximum absolute atomic E-state index is 10.1. The molecule has 0 saturated heterocycles. The molecular weight excluding hydrogens is 212 g/mol. The van der Waals surface area contributed by atoms with Crippen molar-refractivity contribution in [3.05, 3.63) is 52.8 Å². The van der Waals surface area contributed by atoms with Gasteiger partial charge in [-0.3, -0.25) is 5.10 Å². The van der Waals surface area contributed by atoms with E-state index in [0.717, 1.165) is 24.1 Å². The summed E-state index contributed by atoms with van der Waals surface area (Å²) in [5, 5.41) is 17.1. The zero-order valence-electron chi connectivity index (χ0n) is 9.85. The predicted octanol–water partition coefficient (Wildman–Crippen LogP) is 2.48. The highest BCUT2D eigenvalue weighted by Gasteiger charge is 2.27. The summed E-state index contributed by atoms with van der Waals surface area (Å²) < 4.78 is 0. The molecule has 0 bridgehead atoms. The van der Waals surface area contributed by atoms with Gasteiger partial charge >= 0.3 is 0 Å². The summed E-state index contributed by atoms with van der Waals surface area (Å²) in [6.45, 7) is 2.10. The van der Waals surface area contributed by atoms with Crippen molar-refractivity contribution in [1.29, 1.82) is 0 Å². The van der Waals surface area contributed by atoms with Gasteiger partial charge in [0, 0.05) is 11.3 Å². The summed E-state index contributed by atoms with van der Waals surface area (Å²) in [6.07, 6.45) is 3.08. The second-order valence-corrected chi connectivity index (χ2v) is 4.87. The maximum atomic E-state index is 10.1. The smallest absolute Gasteiger partial charge is 0.0829 e. The Morgan fingerprint density at radius 1 is 1.41 bits per heavy atom. The van der Waals surface area contributed by atoms with Gasteiger partial charge in [0.25, 0.3) is 0 Å². The molecule has 1 aliphatic rings. The van der Waals surface area contributed by atoms with Gasteiger partial charge in [-0.25, -0.2) is 0 Å². The lowest BCUT2D eigenvalue weighted by Gasteiger charge is -2.26. The van der Waals surface area contributed by atoms with Crippen LogP contribution in [0.15, 0.2) is 30.5 Å². The predicted molar refractivity (Wildman–Crippen MR) is 65.8 cm³/mol. The fourth-order valence-electron chi connectivity index (χ4n) is 2.68. The highest BCUT2D eigenvalue weighted by Crippen LogP contribution is 2.37. The van der Waals surface area contributed by atoms with Crippen LogP contribution in [-0.2, 0) is 6.42 Å². The number of aromatic nitrogens is 2. The molecule has 3 heteroatoms. The number of nitrogens with zero attached hydrogens (tertiary/aromatic N) is 1. The summed E-state index contributed by atoms with van der Waals surface area (Å²) in [7, 11) is 0. The summed E-state index contributed by atoms with van der Waals surface area (Å²) >= 11 is 0. The van der Waals surface area contributed by atoms with E-state index in [0.29, 0.717) is 5.92 Å². The molecule has 3 nitrogen and oxygen atoms in total. The zero-order valence-corrected chi connectivity index (χ0v) is 9.85. The number of nitrogens with one attached hydrogen (secondary N) is 1. The molecule has 2 atom stereocenters. The summed E-state index contributed by atoms with van der Waals surface area (Å²) in [5.74, 6) is 0.387. The van der Waals surface area contributed by atoms with Crippen LogP contribution in [0.3, 0.4) is 0 Å². The Kier molecular flexibility index (Phi) is 2.48. The number of fused-ring (bicyclic) bond motifs is 1. The molecular formula is C14H16N2O. The summed E-state index contributed by atoms with van der Waals surface area (Å²) in [6, 6.07) is 8.54. The molecule has 3 rings (SSSR count). The van der Waals surface area contributed by atoms with Gasteiger partial charge in [-0.2, -0.15) is 5.10 Å². The van der Waals surface area contributed by atoms with Gasteiger partial charge in [-0.1, -0.05) is 29.8 Å². The normalized spacial score (nSPS) is 23.4. The highest BCUT2D eigenvalue weighted by atomic mass is 16.3. The summed E-state index contributed by atoms with van der Waals surface area (Å²) in [5.41, 5.74) is 4.63. The van der Waals surface area contributed by atoms with Gasteiger partial charge in [0.2, 0.25) is 0 Å². The molecule has 1 heterocycles. The molecule has 2 aromatic rings. The minimum Gasteiger partial charge on any atom is -0.388 e. The van der Waals surface area contributed by atoms with Gasteiger partial charge in [0.1, 0.15) is 0 Å². The third-order valence-electron chi connectivity index (χ3n) is 3.58. The van der Waals surface area contributed by atoms with E-state index < -0.39 is 0 Å². The Balaban J connectivity index is 1.93. The van der Waals surface area contributed by atoms with Gasteiger partial charge < -0.3 is 5.11 Å². The van der Waals surface area contributed by atoms with Crippen molar-refractivity contribution in [1.82, 2.24) is 10.2 Å². The quantitative estimate of drug-likeness (QED) is 0.787. The van der Waals surface area contributed by atoms with Crippen LogP contribution >= 0.6 is 0 Å². The van der Waals surface area contributed by atoms with E-state index in [1.54, 1.807) is 6.20 Å². The second-order valence-electron chi connectivity index (χ2n) is 4.87. The zero-order chi connectivity index (χ0) is 11.8. The molecule has 0 spiro atoms. The first-order valence-corrected chi connectivity index (χ1v) is 6.01. The van der Waals surface area contributed by atoms with Crippen molar-refractivity contribution in [2.45, 2.75) is 31.8 Å². The van der Waals surface area contributed by atoms with Crippen LogP contribution < -0.4 is 0 Å². The lowest BCUT2D eigenvalue weighted by molar-refractivity contribution is 0.147. The number of aryl methyl sites for hydroxylation is 1. The average Bonchev–Trinajstić information content (AvgIpc) is 2.77. The monoisotopic (exact) mass is 228 g/mol. The molecule has 1 aromatic heterocycles. The van der Waals surface area contributed by atoms with Crippen LogP contribution in [0.5, 0.6) is 0 Å². The van der Waals surface area contributed by atoms with E-state index in [9.17, 15) is 5.11 Å². The van der Waals surface area contributed by atoms with Crippen LogP contribution in [0.1, 0.15) is 40.8 Å². The van der Waals surface area contributed by atoms with Crippen molar-refractivity contribution in [2.24, 2.45) is 0 Å². The number of aromatic amines is 1. The van der Waals surface area contributed by atoms with Crippen LogP contribution in [0.4, 0.5) is 0 Å². The molecule has 0 saturated carbocycles. The van der Waals surface area contributed by atoms with Crippen LogP contribution in [0.25, 0.3) is 0 Å². The summed E-state index contributed by atoms with van der Waals surface area (Å²) in [4.78, 5) is 0. The molecule has 1 aliphatic carbocycles. The minimum absolute atomic E-state index is 0.386. The number of rotatable bonds is 1. The van der Waals surface area contributed by atoms with Gasteiger partial charge in [-0.15, -0.1) is 0 Å². The van der Waals surface area contributed by atoms with Crippen molar-refractivity contribution >= 4 is 0 Å². The molecule has 2 unspecified atom stereocenters. The van der Waals surface area contributed by atoms with Crippen molar-refractivity contribution in [3.8, 4) is 0 Å². The standard InChI is InChI=1S/C14H16N2O/c1-9-3-2-4-10(5-9)11-6-13-12(8-15-16-13)14(17)7-11/h2-5,8,11,14,17H,6-7H2,1H3,(H,15,16). The first kappa shape index (κ1) is 10.5. The Morgan fingerprint density at radius 3 is 3.12 bits per heavy atom. The topological polar surface area (TPSA) is 48.9 Å². The Morgan fingerprint density at radius 2 is 2.29 bits per heavy atom. The number of hydrogen-bond acceptors (Lipinski definition) is 2. The Hall–Kier alpha value is -1.61. The Labute approximate surface area is 100 Å². The van der Waals surface area contributed by atoms with Crippen LogP contribution in [0.2, 0.25) is 0 Å². The number of H-pyrrole nitrogens is 1. The molecule has 0 amide bonds. The molecule has 0 fully saturated rings. The third kappa shape index (κ3) is 1.87. The molecule has 1 aromatic carbocycles. The number of aliphatic hydroxyl groups excluding tert-OH is 1. The second kappa shape index (κ2) is 4.00. The number of benzene rings is 1. The average molecular weight is 228 g/mol. The SMILES string of the molecule is Cc1cccc(C2Cc3[nH]ncc3C(O)C2)c1. The van der Waals surface area contributed by atoms with E-state index >= 15 is 0 Å². The molecule has 0 aliphatic heterocycles. The van der Waals surface area contributed by atoms with E-state index in [2.05, 4.69) is 41.4 Å². The fourth-order valence-corrected chi connectivity index (χ4v) is 2.68.